The van der Waals surface area contributed by atoms with E-state index < -0.39 is 62.4 Å². The largest absolute Gasteiger partial charge is 0.540 e. The molecule has 16 heteroatoms. The van der Waals surface area contributed by atoms with Crippen LogP contribution in [0.4, 0.5) is 0 Å². The third-order valence-electron chi connectivity index (χ3n) is 3.60. The van der Waals surface area contributed by atoms with E-state index in [0.717, 1.165) is 6.92 Å². The molecule has 25 heavy (non-hydrogen) atoms. The standard InChI is InChI=1S/C9H4N2O12P2/c1-2(12)10-4(13)3-6-11(8(10)15)5(14)7-19-24(16,20-7)21-9(3)22-25(17,18-6)23-9/h7H,1H3. The molecule has 6 aliphatic rings. The summed E-state index contributed by atoms with van der Waals surface area (Å²) in [6.07, 6.45) is -1.84. The number of phosphoric acid groups is 2. The van der Waals surface area contributed by atoms with Gasteiger partial charge in [-0.1, -0.05) is 0 Å². The van der Waals surface area contributed by atoms with Crippen molar-refractivity contribution in [3.63, 3.8) is 0 Å². The summed E-state index contributed by atoms with van der Waals surface area (Å²) in [6.45, 7) is 0.878. The molecular weight excluding hydrogens is 390 g/mol. The molecule has 0 saturated carbocycles. The molecule has 1 spiro atoms. The van der Waals surface area contributed by atoms with Gasteiger partial charge in [-0.3, -0.25) is 14.4 Å². The van der Waals surface area contributed by atoms with Gasteiger partial charge in [0.15, 0.2) is 5.56 Å². The minimum Gasteiger partial charge on any atom is -0.386 e. The highest BCUT2D eigenvalue weighted by atomic mass is 31.2. The Balaban J connectivity index is 1.97. The molecule has 6 aliphatic heterocycles. The van der Waals surface area contributed by atoms with Crippen molar-refractivity contribution in [2.75, 3.05) is 0 Å². The van der Waals surface area contributed by atoms with E-state index in [4.69, 9.17) is 27.1 Å². The van der Waals surface area contributed by atoms with Crippen LogP contribution in [0.15, 0.2) is 9.59 Å². The van der Waals surface area contributed by atoms with Crippen LogP contribution >= 0.6 is 15.6 Å². The molecule has 7 bridgehead atoms. The molecule has 2 saturated heterocycles. The van der Waals surface area contributed by atoms with Crippen molar-refractivity contribution in [2.24, 2.45) is 0 Å². The molecule has 0 unspecified atom stereocenters. The van der Waals surface area contributed by atoms with E-state index in [-0.39, 0.29) is 9.13 Å². The molecule has 1 aromatic rings. The number of aromatic nitrogens is 2. The van der Waals surface area contributed by atoms with Gasteiger partial charge in [-0.15, -0.1) is 0 Å². The first-order chi connectivity index (χ1) is 11.6. The molecule has 0 radical (unpaired) electrons. The summed E-state index contributed by atoms with van der Waals surface area (Å²) < 4.78 is 53.3. The van der Waals surface area contributed by atoms with Crippen LogP contribution in [0.5, 0.6) is 5.88 Å². The second kappa shape index (κ2) is 4.07. The first-order valence-corrected chi connectivity index (χ1v) is 9.37. The molecule has 7 heterocycles. The highest BCUT2D eigenvalue weighted by molar-refractivity contribution is 7.51. The topological polar surface area (TPSA) is 168 Å². The SMILES string of the molecule is CC(=O)n1c(=O)c2c3n(c1=O)C(=O)C1OP(=O)(O1)OC21OP(=O)(O3)O1. The lowest BCUT2D eigenvalue weighted by Gasteiger charge is -2.47. The predicted molar refractivity (Wildman–Crippen MR) is 68.6 cm³/mol. The lowest BCUT2D eigenvalue weighted by molar-refractivity contribution is -0.360. The normalized spacial score (nSPS) is 39.9. The highest BCUT2D eigenvalue weighted by Gasteiger charge is 2.74. The fraction of sp³-hybridized carbons (Fsp3) is 0.333. The lowest BCUT2D eigenvalue weighted by Crippen LogP contribution is -2.56. The van der Waals surface area contributed by atoms with Crippen molar-refractivity contribution in [3.8, 4) is 5.88 Å². The Morgan fingerprint density at radius 2 is 1.68 bits per heavy atom. The Morgan fingerprint density at radius 3 is 2.28 bits per heavy atom. The van der Waals surface area contributed by atoms with Gasteiger partial charge in [0.25, 0.3) is 17.8 Å². The molecule has 1 aromatic heterocycles. The van der Waals surface area contributed by atoms with Crippen LogP contribution in [0.25, 0.3) is 0 Å². The number of carbonyl (C=O) groups excluding carboxylic acids is 2. The Morgan fingerprint density at radius 1 is 1.08 bits per heavy atom. The average molecular weight is 394 g/mol. The molecule has 14 nitrogen and oxygen atoms in total. The van der Waals surface area contributed by atoms with E-state index in [9.17, 15) is 28.3 Å². The fourth-order valence-electron chi connectivity index (χ4n) is 2.65. The van der Waals surface area contributed by atoms with Crippen molar-refractivity contribution < 1.29 is 45.9 Å². The highest BCUT2D eigenvalue weighted by Crippen LogP contribution is 2.78. The Labute approximate surface area is 135 Å². The average Bonchev–Trinajstić information content (AvgIpc) is 2.42. The maximum absolute atomic E-state index is 12.6. The van der Waals surface area contributed by atoms with Gasteiger partial charge in [-0.05, 0) is 0 Å². The second-order valence-corrected chi connectivity index (χ2v) is 8.10. The van der Waals surface area contributed by atoms with E-state index in [1.54, 1.807) is 0 Å². The van der Waals surface area contributed by atoms with Gasteiger partial charge in [0.05, 0.1) is 0 Å². The van der Waals surface area contributed by atoms with E-state index >= 15 is 0 Å². The quantitative estimate of drug-likeness (QED) is 0.517. The monoisotopic (exact) mass is 394 g/mol. The summed E-state index contributed by atoms with van der Waals surface area (Å²) in [5, 5.41) is 0. The number of hydrogen-bond donors (Lipinski definition) is 0. The molecule has 0 N–H and O–H groups in total. The van der Waals surface area contributed by atoms with E-state index in [1.807, 2.05) is 0 Å². The van der Waals surface area contributed by atoms with Crippen molar-refractivity contribution in [1.82, 2.24) is 9.13 Å². The summed E-state index contributed by atoms with van der Waals surface area (Å²) in [4.78, 5) is 49.1. The van der Waals surface area contributed by atoms with Crippen LogP contribution in [0.2, 0.25) is 0 Å². The number of nitrogens with zero attached hydrogens (tertiary/aromatic N) is 2. The van der Waals surface area contributed by atoms with Crippen LogP contribution in [0.1, 0.15) is 22.1 Å². The van der Waals surface area contributed by atoms with Gasteiger partial charge in [-0.25, -0.2) is 36.5 Å². The summed E-state index contributed by atoms with van der Waals surface area (Å²) in [5.41, 5.74) is -3.58. The van der Waals surface area contributed by atoms with Crippen LogP contribution in [0.3, 0.4) is 0 Å². The third-order valence-corrected chi connectivity index (χ3v) is 6.29. The number of hydrogen-bond acceptors (Lipinski definition) is 12. The summed E-state index contributed by atoms with van der Waals surface area (Å²) in [7, 11) is -8.74. The zero-order chi connectivity index (χ0) is 17.9. The predicted octanol–water partition coefficient (Wildman–Crippen LogP) is -0.521. The van der Waals surface area contributed by atoms with Crippen LogP contribution in [-0.2, 0) is 37.7 Å². The van der Waals surface area contributed by atoms with Crippen LogP contribution < -0.4 is 15.8 Å². The Kier molecular flexibility index (Phi) is 2.50. The molecule has 2 fully saturated rings. The van der Waals surface area contributed by atoms with Gasteiger partial charge < -0.3 is 4.52 Å². The van der Waals surface area contributed by atoms with Gasteiger partial charge in [0, 0.05) is 6.92 Å². The van der Waals surface area contributed by atoms with Crippen LogP contribution in [0, 0.1) is 0 Å². The summed E-state index contributed by atoms with van der Waals surface area (Å²) >= 11 is 0. The first-order valence-electron chi connectivity index (χ1n) is 6.45. The van der Waals surface area contributed by atoms with Gasteiger partial charge in [0.1, 0.15) is 0 Å². The molecule has 132 valence electrons. The zero-order valence-electron chi connectivity index (χ0n) is 11.8. The lowest BCUT2D eigenvalue weighted by atomic mass is 10.2. The van der Waals surface area contributed by atoms with Crippen molar-refractivity contribution in [1.29, 1.82) is 0 Å². The third kappa shape index (κ3) is 1.67. The minimum atomic E-state index is -4.42. The van der Waals surface area contributed by atoms with Crippen molar-refractivity contribution in [2.45, 2.75) is 19.2 Å². The number of rotatable bonds is 0. The number of phosphoric ester groups is 2. The smallest absolute Gasteiger partial charge is 0.386 e. The van der Waals surface area contributed by atoms with Crippen molar-refractivity contribution in [3.05, 3.63) is 26.4 Å². The molecule has 0 amide bonds. The summed E-state index contributed by atoms with van der Waals surface area (Å²) in [5.74, 6) is -5.84. The summed E-state index contributed by atoms with van der Waals surface area (Å²) in [6, 6.07) is 0. The second-order valence-electron chi connectivity index (χ2n) is 5.15. The fourth-order valence-corrected chi connectivity index (χ4v) is 5.30. The van der Waals surface area contributed by atoms with Crippen LogP contribution in [-0.4, -0.2) is 27.2 Å². The van der Waals surface area contributed by atoms with E-state index in [1.165, 1.54) is 0 Å². The zero-order valence-corrected chi connectivity index (χ0v) is 13.6. The van der Waals surface area contributed by atoms with Crippen molar-refractivity contribution >= 4 is 27.5 Å². The minimum absolute atomic E-state index is 0.0745. The maximum atomic E-state index is 12.6. The first kappa shape index (κ1) is 15.3. The molecule has 0 aromatic carbocycles. The van der Waals surface area contributed by atoms with E-state index in [2.05, 4.69) is 0 Å². The van der Waals surface area contributed by atoms with E-state index in [0.29, 0.717) is 0 Å². The Hall–Kier alpha value is -1.92. The molecule has 0 atom stereocenters. The number of carbonyl (C=O) groups is 2. The van der Waals surface area contributed by atoms with Gasteiger partial charge in [-0.2, -0.15) is 9.13 Å². The maximum Gasteiger partial charge on any atom is 0.540 e. The van der Waals surface area contributed by atoms with Gasteiger partial charge >= 0.3 is 27.3 Å². The molecule has 0 aliphatic carbocycles. The van der Waals surface area contributed by atoms with Gasteiger partial charge in [0.2, 0.25) is 11.8 Å². The molecular formula is C9H4N2O12P2. The molecule has 7 rings (SSSR count). The Bertz CT molecular complexity index is 1110.